The molecule has 3 aromatic rings. The van der Waals surface area contributed by atoms with Crippen molar-refractivity contribution in [1.29, 1.82) is 0 Å². The van der Waals surface area contributed by atoms with Crippen LogP contribution in [0, 0.1) is 18.6 Å². The fraction of sp³-hybridized carbons (Fsp3) is 0.125. The summed E-state index contributed by atoms with van der Waals surface area (Å²) in [6, 6.07) is 6.87. The molecule has 1 amide bonds. The van der Waals surface area contributed by atoms with Gasteiger partial charge in [0.1, 0.15) is 17.2 Å². The third kappa shape index (κ3) is 2.68. The lowest BCUT2D eigenvalue weighted by Gasteiger charge is -2.01. The van der Waals surface area contributed by atoms with Gasteiger partial charge in [-0.2, -0.15) is 4.99 Å². The minimum atomic E-state index is -0.962. The summed E-state index contributed by atoms with van der Waals surface area (Å²) in [7, 11) is 1.73. The Bertz CT molecular complexity index is 987. The van der Waals surface area contributed by atoms with Crippen LogP contribution in [0.4, 0.5) is 8.78 Å². The number of aryl methyl sites for hydroxylation is 2. The molecule has 0 unspecified atom stereocenters. The zero-order valence-electron chi connectivity index (χ0n) is 12.2. The molecule has 7 heteroatoms. The predicted molar refractivity (Wildman–Crippen MR) is 86.8 cm³/mol. The molecule has 1 aromatic heterocycles. The summed E-state index contributed by atoms with van der Waals surface area (Å²) in [6.07, 6.45) is 0. The summed E-state index contributed by atoms with van der Waals surface area (Å²) < 4.78 is 29.8. The number of hydrogen-bond acceptors (Lipinski definition) is 2. The Morgan fingerprint density at radius 2 is 1.87 bits per heavy atom. The molecule has 23 heavy (non-hydrogen) atoms. The summed E-state index contributed by atoms with van der Waals surface area (Å²) in [4.78, 5) is 16.4. The molecule has 3 nitrogen and oxygen atoms in total. The number of benzene rings is 2. The third-order valence-electron chi connectivity index (χ3n) is 3.47. The Morgan fingerprint density at radius 3 is 2.48 bits per heavy atom. The number of hydrogen-bond donors (Lipinski definition) is 0. The molecule has 118 valence electrons. The van der Waals surface area contributed by atoms with Gasteiger partial charge in [0.25, 0.3) is 5.91 Å². The fourth-order valence-corrected chi connectivity index (χ4v) is 3.72. The van der Waals surface area contributed by atoms with Crippen LogP contribution in [0.25, 0.3) is 10.2 Å². The standard InChI is InChI=1S/C16H11ClF2N2OS/c1-8-6-7-9(17)14-13(8)21(2)16(23-14)20-15(22)12-10(18)4-3-5-11(12)19/h3-7H,1-2H3. The average Bonchev–Trinajstić information content (AvgIpc) is 2.81. The Kier molecular flexibility index (Phi) is 4.04. The molecule has 0 N–H and O–H groups in total. The van der Waals surface area contributed by atoms with Crippen molar-refractivity contribution in [2.24, 2.45) is 12.0 Å². The first kappa shape index (κ1) is 15.8. The second-order valence-corrected chi connectivity index (χ2v) is 6.38. The maximum absolute atomic E-state index is 13.7. The zero-order chi connectivity index (χ0) is 16.7. The highest BCUT2D eigenvalue weighted by Gasteiger charge is 2.17. The van der Waals surface area contributed by atoms with Crippen LogP contribution in [0.5, 0.6) is 0 Å². The van der Waals surface area contributed by atoms with Crippen LogP contribution in [-0.2, 0) is 7.05 Å². The Labute approximate surface area is 139 Å². The summed E-state index contributed by atoms with van der Waals surface area (Å²) in [5, 5.41) is 0.539. The molecule has 2 aromatic carbocycles. The van der Waals surface area contributed by atoms with Crippen LogP contribution in [0.3, 0.4) is 0 Å². The largest absolute Gasteiger partial charge is 0.319 e. The molecule has 0 aliphatic heterocycles. The van der Waals surface area contributed by atoms with Gasteiger partial charge in [0, 0.05) is 7.05 Å². The number of rotatable bonds is 1. The molecular formula is C16H11ClF2N2OS. The normalized spacial score (nSPS) is 12.1. The first-order chi connectivity index (χ1) is 10.9. The van der Waals surface area contributed by atoms with Crippen molar-refractivity contribution in [3.05, 3.63) is 62.9 Å². The van der Waals surface area contributed by atoms with Gasteiger partial charge in [0.15, 0.2) is 4.80 Å². The molecule has 0 aliphatic carbocycles. The van der Waals surface area contributed by atoms with E-state index in [-0.39, 0.29) is 0 Å². The number of aromatic nitrogens is 1. The minimum absolute atomic E-state index is 0.323. The van der Waals surface area contributed by atoms with Gasteiger partial charge in [-0.1, -0.05) is 35.1 Å². The van der Waals surface area contributed by atoms with E-state index in [0.29, 0.717) is 9.82 Å². The fourth-order valence-electron chi connectivity index (χ4n) is 2.36. The number of nitrogens with zero attached hydrogens (tertiary/aromatic N) is 2. The smallest absolute Gasteiger partial charge is 0.285 e. The summed E-state index contributed by atoms with van der Waals surface area (Å²) in [5.74, 6) is -2.83. The molecule has 0 saturated heterocycles. The summed E-state index contributed by atoms with van der Waals surface area (Å²) in [6.45, 7) is 1.91. The number of amides is 1. The lowest BCUT2D eigenvalue weighted by atomic mass is 10.2. The molecule has 1 heterocycles. The van der Waals surface area contributed by atoms with Gasteiger partial charge in [-0.3, -0.25) is 4.79 Å². The number of halogens is 3. The van der Waals surface area contributed by atoms with E-state index >= 15 is 0 Å². The van der Waals surface area contributed by atoms with Gasteiger partial charge in [-0.25, -0.2) is 8.78 Å². The SMILES string of the molecule is Cc1ccc(Cl)c2sc(=NC(=O)c3c(F)cccc3F)n(C)c12. The number of thiazole rings is 1. The van der Waals surface area contributed by atoms with Crippen LogP contribution in [0.15, 0.2) is 35.3 Å². The van der Waals surface area contributed by atoms with E-state index < -0.39 is 23.1 Å². The molecule has 0 atom stereocenters. The second-order valence-electron chi connectivity index (χ2n) is 5.00. The number of carbonyl (C=O) groups is 1. The Balaban J connectivity index is 2.23. The number of fused-ring (bicyclic) bond motifs is 1. The summed E-state index contributed by atoms with van der Waals surface area (Å²) in [5.41, 5.74) is 1.14. The maximum atomic E-state index is 13.7. The van der Waals surface area contributed by atoms with Gasteiger partial charge in [0.2, 0.25) is 0 Å². The van der Waals surface area contributed by atoms with E-state index in [0.717, 1.165) is 27.9 Å². The average molecular weight is 353 g/mol. The van der Waals surface area contributed by atoms with Gasteiger partial charge in [0.05, 0.1) is 15.2 Å². The monoisotopic (exact) mass is 352 g/mol. The van der Waals surface area contributed by atoms with Crippen molar-refractivity contribution in [3.8, 4) is 0 Å². The van der Waals surface area contributed by atoms with Gasteiger partial charge < -0.3 is 4.57 Å². The van der Waals surface area contributed by atoms with Crippen LogP contribution < -0.4 is 4.80 Å². The van der Waals surface area contributed by atoms with Crippen LogP contribution in [-0.4, -0.2) is 10.5 Å². The van der Waals surface area contributed by atoms with Crippen molar-refractivity contribution < 1.29 is 13.6 Å². The van der Waals surface area contributed by atoms with Crippen LogP contribution >= 0.6 is 22.9 Å². The molecule has 0 saturated carbocycles. The van der Waals surface area contributed by atoms with Crippen molar-refractivity contribution >= 4 is 39.1 Å². The van der Waals surface area contributed by atoms with Crippen LogP contribution in [0.2, 0.25) is 5.02 Å². The molecular weight excluding hydrogens is 342 g/mol. The van der Waals surface area contributed by atoms with Gasteiger partial charge >= 0.3 is 0 Å². The summed E-state index contributed by atoms with van der Waals surface area (Å²) >= 11 is 7.37. The van der Waals surface area contributed by atoms with E-state index in [1.807, 2.05) is 13.0 Å². The molecule has 0 aliphatic rings. The third-order valence-corrected chi connectivity index (χ3v) is 5.07. The first-order valence-corrected chi connectivity index (χ1v) is 7.87. The Hall–Kier alpha value is -2.05. The van der Waals surface area contributed by atoms with Crippen molar-refractivity contribution in [2.45, 2.75) is 6.92 Å². The second kappa shape index (κ2) is 5.86. The van der Waals surface area contributed by atoms with E-state index in [1.165, 1.54) is 17.4 Å². The molecule has 0 spiro atoms. The lowest BCUT2D eigenvalue weighted by molar-refractivity contribution is 0.0990. The highest BCUT2D eigenvalue weighted by molar-refractivity contribution is 7.17. The minimum Gasteiger partial charge on any atom is -0.319 e. The molecule has 0 bridgehead atoms. The first-order valence-electron chi connectivity index (χ1n) is 6.68. The van der Waals surface area contributed by atoms with E-state index in [9.17, 15) is 13.6 Å². The zero-order valence-corrected chi connectivity index (χ0v) is 13.8. The lowest BCUT2D eigenvalue weighted by Crippen LogP contribution is -2.15. The topological polar surface area (TPSA) is 34.4 Å². The molecule has 0 radical (unpaired) electrons. The van der Waals surface area contributed by atoms with E-state index in [2.05, 4.69) is 4.99 Å². The molecule has 3 rings (SSSR count). The van der Waals surface area contributed by atoms with E-state index in [4.69, 9.17) is 11.6 Å². The highest BCUT2D eigenvalue weighted by atomic mass is 35.5. The van der Waals surface area contributed by atoms with Crippen molar-refractivity contribution in [2.75, 3.05) is 0 Å². The van der Waals surface area contributed by atoms with Crippen LogP contribution in [0.1, 0.15) is 15.9 Å². The van der Waals surface area contributed by atoms with Crippen molar-refractivity contribution in [3.63, 3.8) is 0 Å². The maximum Gasteiger partial charge on any atom is 0.285 e. The van der Waals surface area contributed by atoms with E-state index in [1.54, 1.807) is 17.7 Å². The molecule has 0 fully saturated rings. The Morgan fingerprint density at radius 1 is 1.22 bits per heavy atom. The van der Waals surface area contributed by atoms with Gasteiger partial charge in [-0.15, -0.1) is 0 Å². The quantitative estimate of drug-likeness (QED) is 0.645. The number of carbonyl (C=O) groups excluding carboxylic acids is 1. The highest BCUT2D eigenvalue weighted by Crippen LogP contribution is 2.28. The predicted octanol–water partition coefficient (Wildman–Crippen LogP) is 4.22. The van der Waals surface area contributed by atoms with Crippen molar-refractivity contribution in [1.82, 2.24) is 4.57 Å². The van der Waals surface area contributed by atoms with Gasteiger partial charge in [-0.05, 0) is 30.7 Å².